The van der Waals surface area contributed by atoms with E-state index in [1.807, 2.05) is 12.2 Å². The van der Waals surface area contributed by atoms with Crippen LogP contribution in [0.1, 0.15) is 58.3 Å². The van der Waals surface area contributed by atoms with Crippen LogP contribution in [0, 0.1) is 0 Å². The van der Waals surface area contributed by atoms with Crippen molar-refractivity contribution in [2.75, 3.05) is 0 Å². The van der Waals surface area contributed by atoms with Crippen LogP contribution < -0.4 is 0 Å². The molecule has 16 heavy (non-hydrogen) atoms. The first-order valence-electron chi connectivity index (χ1n) is 6.43. The molecule has 2 N–H and O–H groups in total. The summed E-state index contributed by atoms with van der Waals surface area (Å²) < 4.78 is 0. The van der Waals surface area contributed by atoms with Crippen LogP contribution in [0.2, 0.25) is 0 Å². The van der Waals surface area contributed by atoms with Crippen molar-refractivity contribution < 1.29 is 10.2 Å². The molecule has 0 aromatic carbocycles. The van der Waals surface area contributed by atoms with Crippen molar-refractivity contribution in [2.45, 2.75) is 64.6 Å². The van der Waals surface area contributed by atoms with E-state index < -0.39 is 6.29 Å². The molecule has 0 heterocycles. The smallest absolute Gasteiger partial charge is 0.154 e. The van der Waals surface area contributed by atoms with Gasteiger partial charge in [0.2, 0.25) is 0 Å². The van der Waals surface area contributed by atoms with Gasteiger partial charge >= 0.3 is 0 Å². The van der Waals surface area contributed by atoms with E-state index in [1.54, 1.807) is 0 Å². The molecule has 0 unspecified atom stereocenters. The Bertz CT molecular complexity index is 183. The van der Waals surface area contributed by atoms with Crippen molar-refractivity contribution in [2.24, 2.45) is 0 Å². The van der Waals surface area contributed by atoms with Crippen molar-refractivity contribution in [3.8, 4) is 0 Å². The standard InChI is InChI=1S/C14H26O2/c1-2-3-4-5-6-7-8-9-10-11-12-13-14(15)16/h7-8,11-12,14-16H,2-6,9-10,13H2,1H3. The normalized spacial score (nSPS) is 12.2. The third kappa shape index (κ3) is 13.4. The van der Waals surface area contributed by atoms with Crippen LogP contribution in [0.25, 0.3) is 0 Å². The summed E-state index contributed by atoms with van der Waals surface area (Å²) in [6.07, 6.45) is 15.9. The second-order valence-corrected chi connectivity index (χ2v) is 4.09. The molecule has 0 saturated heterocycles. The Kier molecular flexibility index (Phi) is 12.0. The van der Waals surface area contributed by atoms with Crippen molar-refractivity contribution >= 4 is 0 Å². The zero-order chi connectivity index (χ0) is 12.1. The molecule has 0 aliphatic heterocycles. The summed E-state index contributed by atoms with van der Waals surface area (Å²) in [7, 11) is 0. The molecular formula is C14H26O2. The number of unbranched alkanes of at least 4 members (excludes halogenated alkanes) is 5. The Morgan fingerprint density at radius 3 is 2.06 bits per heavy atom. The summed E-state index contributed by atoms with van der Waals surface area (Å²) in [4.78, 5) is 0. The molecule has 0 rings (SSSR count). The Balaban J connectivity index is 3.18. The zero-order valence-electron chi connectivity index (χ0n) is 10.4. The molecular weight excluding hydrogens is 200 g/mol. The maximum Gasteiger partial charge on any atom is 0.154 e. The molecule has 2 heteroatoms. The third-order valence-electron chi connectivity index (χ3n) is 2.40. The Labute approximate surface area is 99.7 Å². The Hall–Kier alpha value is -0.600. The van der Waals surface area contributed by atoms with E-state index in [9.17, 15) is 0 Å². The summed E-state index contributed by atoms with van der Waals surface area (Å²) in [6, 6.07) is 0. The highest BCUT2D eigenvalue weighted by Gasteiger charge is 1.89. The monoisotopic (exact) mass is 226 g/mol. The van der Waals surface area contributed by atoms with Gasteiger partial charge in [0.05, 0.1) is 0 Å². The minimum Gasteiger partial charge on any atom is -0.368 e. The van der Waals surface area contributed by atoms with Crippen molar-refractivity contribution in [3.63, 3.8) is 0 Å². The van der Waals surface area contributed by atoms with Gasteiger partial charge in [0.1, 0.15) is 0 Å². The van der Waals surface area contributed by atoms with Gasteiger partial charge in [-0.2, -0.15) is 0 Å². The number of aliphatic hydroxyl groups is 2. The summed E-state index contributed by atoms with van der Waals surface area (Å²) in [5.74, 6) is 0. The van der Waals surface area contributed by atoms with Crippen molar-refractivity contribution in [3.05, 3.63) is 24.3 Å². The van der Waals surface area contributed by atoms with Crippen LogP contribution >= 0.6 is 0 Å². The predicted octanol–water partition coefficient (Wildman–Crippen LogP) is 3.55. The fourth-order valence-electron chi connectivity index (χ4n) is 1.45. The van der Waals surface area contributed by atoms with Gasteiger partial charge in [-0.25, -0.2) is 0 Å². The highest BCUT2D eigenvalue weighted by molar-refractivity contribution is 4.88. The molecule has 0 bridgehead atoms. The van der Waals surface area contributed by atoms with Crippen LogP contribution in [-0.4, -0.2) is 16.5 Å². The first-order chi connectivity index (χ1) is 7.77. The lowest BCUT2D eigenvalue weighted by Crippen LogP contribution is -2.00. The number of hydrogen-bond donors (Lipinski definition) is 2. The molecule has 0 aromatic heterocycles. The van der Waals surface area contributed by atoms with Gasteiger partial charge < -0.3 is 10.2 Å². The van der Waals surface area contributed by atoms with Gasteiger partial charge in [-0.05, 0) is 25.7 Å². The maximum atomic E-state index is 8.59. The molecule has 0 aromatic rings. The Morgan fingerprint density at radius 1 is 0.812 bits per heavy atom. The molecule has 0 amide bonds. The van der Waals surface area contributed by atoms with Gasteiger partial charge in [-0.3, -0.25) is 0 Å². The van der Waals surface area contributed by atoms with E-state index in [1.165, 1.54) is 32.1 Å². The molecule has 0 atom stereocenters. The van der Waals surface area contributed by atoms with Gasteiger partial charge in [-0.15, -0.1) is 0 Å². The summed E-state index contributed by atoms with van der Waals surface area (Å²) in [5.41, 5.74) is 0. The molecule has 2 nitrogen and oxygen atoms in total. The molecule has 0 fully saturated rings. The first kappa shape index (κ1) is 15.4. The zero-order valence-corrected chi connectivity index (χ0v) is 10.4. The molecule has 0 aliphatic carbocycles. The average Bonchev–Trinajstić information content (AvgIpc) is 2.25. The maximum absolute atomic E-state index is 8.59. The number of allylic oxidation sites excluding steroid dienone is 3. The highest BCUT2D eigenvalue weighted by Crippen LogP contribution is 2.04. The number of aliphatic hydroxyl groups excluding tert-OH is 1. The van der Waals surface area contributed by atoms with Gasteiger partial charge in [0.15, 0.2) is 6.29 Å². The van der Waals surface area contributed by atoms with Crippen molar-refractivity contribution in [1.29, 1.82) is 0 Å². The quantitative estimate of drug-likeness (QED) is 0.340. The van der Waals surface area contributed by atoms with Gasteiger partial charge in [0, 0.05) is 6.42 Å². The first-order valence-corrected chi connectivity index (χ1v) is 6.43. The minimum absolute atomic E-state index is 0.334. The highest BCUT2D eigenvalue weighted by atomic mass is 16.5. The van der Waals surface area contributed by atoms with E-state index in [0.717, 1.165) is 12.8 Å². The SMILES string of the molecule is CCCCCCC=CCCC=CCC(O)O. The molecule has 0 aliphatic rings. The molecule has 94 valence electrons. The summed E-state index contributed by atoms with van der Waals surface area (Å²) in [6.45, 7) is 2.23. The lowest BCUT2D eigenvalue weighted by Gasteiger charge is -1.95. The largest absolute Gasteiger partial charge is 0.368 e. The topological polar surface area (TPSA) is 40.5 Å². The fraction of sp³-hybridized carbons (Fsp3) is 0.714. The average molecular weight is 226 g/mol. The van der Waals surface area contributed by atoms with E-state index in [-0.39, 0.29) is 0 Å². The third-order valence-corrected chi connectivity index (χ3v) is 2.40. The molecule has 0 spiro atoms. The van der Waals surface area contributed by atoms with E-state index >= 15 is 0 Å². The van der Waals surface area contributed by atoms with E-state index in [4.69, 9.17) is 10.2 Å². The molecule has 0 radical (unpaired) electrons. The van der Waals surface area contributed by atoms with E-state index in [2.05, 4.69) is 19.1 Å². The van der Waals surface area contributed by atoms with Crippen LogP contribution in [0.4, 0.5) is 0 Å². The van der Waals surface area contributed by atoms with Crippen LogP contribution in [0.5, 0.6) is 0 Å². The van der Waals surface area contributed by atoms with Gasteiger partial charge in [-0.1, -0.05) is 50.5 Å². The van der Waals surface area contributed by atoms with Crippen LogP contribution in [-0.2, 0) is 0 Å². The predicted molar refractivity (Wildman–Crippen MR) is 69.1 cm³/mol. The van der Waals surface area contributed by atoms with E-state index in [0.29, 0.717) is 6.42 Å². The second kappa shape index (κ2) is 12.5. The molecule has 0 saturated carbocycles. The van der Waals surface area contributed by atoms with Crippen molar-refractivity contribution in [1.82, 2.24) is 0 Å². The van der Waals surface area contributed by atoms with Gasteiger partial charge in [0.25, 0.3) is 0 Å². The second-order valence-electron chi connectivity index (χ2n) is 4.09. The van der Waals surface area contributed by atoms with Crippen LogP contribution in [0.3, 0.4) is 0 Å². The lowest BCUT2D eigenvalue weighted by molar-refractivity contribution is -0.0361. The summed E-state index contributed by atoms with van der Waals surface area (Å²) in [5, 5.41) is 17.2. The lowest BCUT2D eigenvalue weighted by atomic mass is 10.1. The fourth-order valence-corrected chi connectivity index (χ4v) is 1.45. The number of hydrogen-bond acceptors (Lipinski definition) is 2. The minimum atomic E-state index is -1.20. The summed E-state index contributed by atoms with van der Waals surface area (Å²) >= 11 is 0. The van der Waals surface area contributed by atoms with Crippen LogP contribution in [0.15, 0.2) is 24.3 Å². The Morgan fingerprint density at radius 2 is 1.44 bits per heavy atom. The number of rotatable bonds is 10.